The van der Waals surface area contributed by atoms with E-state index in [1.165, 1.54) is 4.68 Å². The van der Waals surface area contributed by atoms with Crippen molar-refractivity contribution in [3.8, 4) is 0 Å². The summed E-state index contributed by atoms with van der Waals surface area (Å²) in [5.41, 5.74) is 0.276. The van der Waals surface area contributed by atoms with Gasteiger partial charge >= 0.3 is 0 Å². The van der Waals surface area contributed by atoms with Crippen LogP contribution in [0.4, 0.5) is 0 Å². The molecule has 2 aromatic rings. The second-order valence-corrected chi connectivity index (χ2v) is 7.93. The summed E-state index contributed by atoms with van der Waals surface area (Å²) in [7, 11) is 0. The van der Waals surface area contributed by atoms with Crippen LogP contribution in [0.3, 0.4) is 0 Å². The molecule has 25 heavy (non-hydrogen) atoms. The molecular weight excluding hydrogens is 314 g/mol. The van der Waals surface area contributed by atoms with Gasteiger partial charge in [0.25, 0.3) is 11.5 Å². The first-order valence-corrected chi connectivity index (χ1v) is 9.16. The molecule has 0 N–H and O–H groups in total. The Hall–Kier alpha value is -2.17. The number of benzene rings is 1. The SMILES string of the molecule is CC(C)Cn1nc(C(=O)N2CC(C)CC(C)C2)c2ccccc2c1=O. The number of likely N-dealkylation sites (tertiary alicyclic amines) is 1. The van der Waals surface area contributed by atoms with Gasteiger partial charge in [0.05, 0.1) is 5.39 Å². The maximum atomic E-state index is 13.2. The second kappa shape index (κ2) is 6.98. The third-order valence-electron chi connectivity index (χ3n) is 4.76. The molecule has 5 heteroatoms. The van der Waals surface area contributed by atoms with Gasteiger partial charge < -0.3 is 4.90 Å². The smallest absolute Gasteiger partial charge is 0.274 e. The molecule has 1 aliphatic rings. The highest BCUT2D eigenvalue weighted by Gasteiger charge is 2.28. The van der Waals surface area contributed by atoms with E-state index >= 15 is 0 Å². The van der Waals surface area contributed by atoms with E-state index in [4.69, 9.17) is 0 Å². The number of amides is 1. The number of fused-ring (bicyclic) bond motifs is 1. The minimum atomic E-state index is -0.124. The lowest BCUT2D eigenvalue weighted by Gasteiger charge is -2.35. The average Bonchev–Trinajstić information content (AvgIpc) is 2.55. The van der Waals surface area contributed by atoms with Crippen LogP contribution >= 0.6 is 0 Å². The molecular formula is C20H27N3O2. The van der Waals surface area contributed by atoms with Crippen LogP contribution in [0, 0.1) is 17.8 Å². The Bertz CT molecular complexity index is 830. The van der Waals surface area contributed by atoms with Gasteiger partial charge in [-0.3, -0.25) is 9.59 Å². The average molecular weight is 341 g/mol. The fraction of sp³-hybridized carbons (Fsp3) is 0.550. The molecule has 1 amide bonds. The lowest BCUT2D eigenvalue weighted by molar-refractivity contribution is 0.0616. The van der Waals surface area contributed by atoms with Gasteiger partial charge in [-0.1, -0.05) is 45.9 Å². The fourth-order valence-corrected chi connectivity index (χ4v) is 3.84. The Kier molecular flexibility index (Phi) is 4.93. The molecule has 0 bridgehead atoms. The van der Waals surface area contributed by atoms with Crippen LogP contribution < -0.4 is 5.56 Å². The molecule has 2 heterocycles. The zero-order chi connectivity index (χ0) is 18.1. The predicted molar refractivity (Wildman–Crippen MR) is 99.7 cm³/mol. The molecule has 2 atom stereocenters. The normalized spacial score (nSPS) is 21.1. The molecule has 134 valence electrons. The molecule has 5 nitrogen and oxygen atoms in total. The Morgan fingerprint density at radius 3 is 2.36 bits per heavy atom. The van der Waals surface area contributed by atoms with Gasteiger partial charge in [-0.2, -0.15) is 5.10 Å². The van der Waals surface area contributed by atoms with E-state index in [2.05, 4.69) is 18.9 Å². The minimum Gasteiger partial charge on any atom is -0.337 e. The maximum Gasteiger partial charge on any atom is 0.274 e. The van der Waals surface area contributed by atoms with Crippen molar-refractivity contribution in [2.75, 3.05) is 13.1 Å². The van der Waals surface area contributed by atoms with Gasteiger partial charge in [-0.25, -0.2) is 4.68 Å². The summed E-state index contributed by atoms with van der Waals surface area (Å²) in [5, 5.41) is 5.70. The molecule has 0 radical (unpaired) electrons. The topological polar surface area (TPSA) is 55.2 Å². The van der Waals surface area contributed by atoms with Crippen LogP contribution in [-0.4, -0.2) is 33.7 Å². The quantitative estimate of drug-likeness (QED) is 0.861. The first-order chi connectivity index (χ1) is 11.9. The van der Waals surface area contributed by atoms with E-state index in [-0.39, 0.29) is 17.4 Å². The van der Waals surface area contributed by atoms with Crippen molar-refractivity contribution in [2.45, 2.75) is 40.7 Å². The molecule has 0 aliphatic carbocycles. The maximum absolute atomic E-state index is 13.2. The van der Waals surface area contributed by atoms with Crippen LogP contribution in [-0.2, 0) is 6.54 Å². The second-order valence-electron chi connectivity index (χ2n) is 7.93. The highest BCUT2D eigenvalue weighted by atomic mass is 16.2. The van der Waals surface area contributed by atoms with Crippen molar-refractivity contribution < 1.29 is 4.79 Å². The van der Waals surface area contributed by atoms with E-state index in [0.29, 0.717) is 34.8 Å². The Morgan fingerprint density at radius 1 is 1.16 bits per heavy atom. The lowest BCUT2D eigenvalue weighted by Crippen LogP contribution is -2.43. The number of piperidine rings is 1. The van der Waals surface area contributed by atoms with Gasteiger partial charge in [0.15, 0.2) is 5.69 Å². The van der Waals surface area contributed by atoms with Crippen molar-refractivity contribution in [1.82, 2.24) is 14.7 Å². The zero-order valence-electron chi connectivity index (χ0n) is 15.5. The van der Waals surface area contributed by atoms with E-state index < -0.39 is 0 Å². The number of nitrogens with zero attached hydrogens (tertiary/aromatic N) is 3. The highest BCUT2D eigenvalue weighted by molar-refractivity contribution is 6.04. The zero-order valence-corrected chi connectivity index (χ0v) is 15.5. The van der Waals surface area contributed by atoms with E-state index in [1.807, 2.05) is 36.9 Å². The Balaban J connectivity index is 2.09. The summed E-state index contributed by atoms with van der Waals surface area (Å²) in [4.78, 5) is 27.8. The third kappa shape index (κ3) is 3.60. The number of carbonyl (C=O) groups excluding carboxylic acids is 1. The van der Waals surface area contributed by atoms with Crippen molar-refractivity contribution in [1.29, 1.82) is 0 Å². The molecule has 1 aromatic carbocycles. The number of hydrogen-bond donors (Lipinski definition) is 0. The lowest BCUT2D eigenvalue weighted by atomic mass is 9.91. The Morgan fingerprint density at radius 2 is 1.76 bits per heavy atom. The molecule has 2 unspecified atom stereocenters. The third-order valence-corrected chi connectivity index (χ3v) is 4.76. The summed E-state index contributed by atoms with van der Waals surface area (Å²) in [6.45, 7) is 10.5. The summed E-state index contributed by atoms with van der Waals surface area (Å²) >= 11 is 0. The van der Waals surface area contributed by atoms with Crippen LogP contribution in [0.2, 0.25) is 0 Å². The van der Waals surface area contributed by atoms with Crippen molar-refractivity contribution in [3.63, 3.8) is 0 Å². The summed E-state index contributed by atoms with van der Waals surface area (Å²) < 4.78 is 1.46. The fourth-order valence-electron chi connectivity index (χ4n) is 3.84. The monoisotopic (exact) mass is 341 g/mol. The Labute approximate surface area is 148 Å². The molecule has 3 rings (SSSR count). The van der Waals surface area contributed by atoms with Gasteiger partial charge in [0.1, 0.15) is 0 Å². The van der Waals surface area contributed by atoms with Crippen LogP contribution in [0.5, 0.6) is 0 Å². The van der Waals surface area contributed by atoms with Gasteiger partial charge in [0.2, 0.25) is 0 Å². The molecule has 1 aliphatic heterocycles. The summed E-state index contributed by atoms with van der Waals surface area (Å²) in [6.07, 6.45) is 1.14. The van der Waals surface area contributed by atoms with E-state index in [1.54, 1.807) is 6.07 Å². The van der Waals surface area contributed by atoms with Crippen LogP contribution in [0.1, 0.15) is 44.6 Å². The van der Waals surface area contributed by atoms with Crippen LogP contribution in [0.15, 0.2) is 29.1 Å². The minimum absolute atomic E-state index is 0.0629. The largest absolute Gasteiger partial charge is 0.337 e. The van der Waals surface area contributed by atoms with Gasteiger partial charge in [-0.05, 0) is 30.2 Å². The standard InChI is InChI=1S/C20H27N3O2/c1-13(2)10-23-19(24)17-8-6-5-7-16(17)18(21-23)20(25)22-11-14(3)9-15(4)12-22/h5-8,13-15H,9-12H2,1-4H3. The number of carbonyl (C=O) groups is 1. The van der Waals surface area contributed by atoms with Crippen molar-refractivity contribution >= 4 is 16.7 Å². The number of aromatic nitrogens is 2. The summed E-state index contributed by atoms with van der Waals surface area (Å²) in [5.74, 6) is 1.19. The first-order valence-electron chi connectivity index (χ1n) is 9.16. The molecule has 0 spiro atoms. The molecule has 1 fully saturated rings. The molecule has 1 saturated heterocycles. The predicted octanol–water partition coefficient (Wildman–Crippen LogP) is 3.17. The van der Waals surface area contributed by atoms with E-state index in [9.17, 15) is 9.59 Å². The van der Waals surface area contributed by atoms with Gasteiger partial charge in [0, 0.05) is 25.0 Å². The highest BCUT2D eigenvalue weighted by Crippen LogP contribution is 2.24. The number of hydrogen-bond acceptors (Lipinski definition) is 3. The van der Waals surface area contributed by atoms with Gasteiger partial charge in [-0.15, -0.1) is 0 Å². The van der Waals surface area contributed by atoms with E-state index in [0.717, 1.165) is 19.5 Å². The van der Waals surface area contributed by atoms with Crippen molar-refractivity contribution in [2.24, 2.45) is 17.8 Å². The molecule has 0 saturated carbocycles. The molecule has 1 aromatic heterocycles. The number of rotatable bonds is 3. The first kappa shape index (κ1) is 17.6. The van der Waals surface area contributed by atoms with Crippen molar-refractivity contribution in [3.05, 3.63) is 40.3 Å². The van der Waals surface area contributed by atoms with Crippen LogP contribution in [0.25, 0.3) is 10.8 Å². The summed E-state index contributed by atoms with van der Waals surface area (Å²) in [6, 6.07) is 7.30.